The number of carbonyl (C=O) groups is 7. The Kier molecular flexibility index (Phi) is 15.8. The Hall–Kier alpha value is -5.18. The highest BCUT2D eigenvalue weighted by molar-refractivity contribution is 6.01. The molecule has 1 aromatic rings. The molecule has 1 atom stereocenters. The molecule has 49 heavy (non-hydrogen) atoms. The summed E-state index contributed by atoms with van der Waals surface area (Å²) in [6.07, 6.45) is 3.33. The summed E-state index contributed by atoms with van der Waals surface area (Å²) in [6, 6.07) is 8.50. The molecule has 0 saturated carbocycles. The van der Waals surface area contributed by atoms with Crippen molar-refractivity contribution < 1.29 is 38.4 Å². The topological polar surface area (TPSA) is 237 Å². The number of benzene rings is 1. The summed E-state index contributed by atoms with van der Waals surface area (Å²) in [4.78, 5) is 97.1. The lowest BCUT2D eigenvalue weighted by atomic mass is 9.95. The summed E-state index contributed by atoms with van der Waals surface area (Å²) in [6.45, 7) is 1.11. The molecule has 0 aromatic heterocycles. The maximum atomic E-state index is 13.6. The van der Waals surface area contributed by atoms with E-state index >= 15 is 0 Å². The molecule has 0 radical (unpaired) electrons. The normalized spacial score (nSPS) is 15.3. The highest BCUT2D eigenvalue weighted by atomic mass is 16.7. The second-order valence-corrected chi connectivity index (χ2v) is 12.0. The molecule has 0 aliphatic carbocycles. The summed E-state index contributed by atoms with van der Waals surface area (Å²) in [5.74, 6) is -3.03. The average Bonchev–Trinajstić information content (AvgIpc) is 3.41. The standard InChI is InChI=1S/C32H45N9O8/c33-30(46)25(11-6-8-18-36-38-34)37-26(42)12-5-2-7-17-35-27(43)22-40(21-23-9-3-1-4-10-23)31(47)24-15-19-39(20-16-24)32(48)49-41-28(44)13-14-29(41)45/h1,3-4,9-10,24-25H,2,5-8,11-22H2,(H2,33,46)(H,35,43)(H,37,42)/t25-/m0/s1. The Labute approximate surface area is 284 Å². The number of carbonyl (C=O) groups excluding carboxylic acids is 7. The molecular formula is C32H45N9O8. The fourth-order valence-electron chi connectivity index (χ4n) is 5.55. The molecule has 2 aliphatic heterocycles. The van der Waals surface area contributed by atoms with Crippen molar-refractivity contribution in [3.63, 3.8) is 0 Å². The van der Waals surface area contributed by atoms with Crippen molar-refractivity contribution in [3.8, 4) is 0 Å². The van der Waals surface area contributed by atoms with Crippen LogP contribution in [0.25, 0.3) is 10.4 Å². The van der Waals surface area contributed by atoms with Gasteiger partial charge in [-0.3, -0.25) is 28.8 Å². The molecule has 2 heterocycles. The zero-order valence-corrected chi connectivity index (χ0v) is 27.6. The van der Waals surface area contributed by atoms with Crippen molar-refractivity contribution in [2.75, 3.05) is 32.7 Å². The predicted molar refractivity (Wildman–Crippen MR) is 174 cm³/mol. The van der Waals surface area contributed by atoms with Gasteiger partial charge in [0.25, 0.3) is 11.8 Å². The summed E-state index contributed by atoms with van der Waals surface area (Å²) in [5, 5.41) is 9.42. The molecule has 3 rings (SSSR count). The van der Waals surface area contributed by atoms with Crippen molar-refractivity contribution in [2.24, 2.45) is 16.8 Å². The zero-order valence-electron chi connectivity index (χ0n) is 27.6. The Morgan fingerprint density at radius 2 is 1.67 bits per heavy atom. The van der Waals surface area contributed by atoms with Crippen molar-refractivity contribution in [1.29, 1.82) is 0 Å². The van der Waals surface area contributed by atoms with E-state index in [4.69, 9.17) is 16.1 Å². The first-order chi connectivity index (χ1) is 23.6. The number of likely N-dealkylation sites (tertiary alicyclic amines) is 1. The number of nitrogens with two attached hydrogens (primary N) is 1. The molecule has 17 heteroatoms. The van der Waals surface area contributed by atoms with Gasteiger partial charge in [0.1, 0.15) is 6.04 Å². The first-order valence-corrected chi connectivity index (χ1v) is 16.6. The summed E-state index contributed by atoms with van der Waals surface area (Å²) >= 11 is 0. The first kappa shape index (κ1) is 38.3. The van der Waals surface area contributed by atoms with Crippen LogP contribution in [0.5, 0.6) is 0 Å². The van der Waals surface area contributed by atoms with E-state index in [1.807, 2.05) is 30.3 Å². The number of azide groups is 1. The number of amides is 7. The third kappa shape index (κ3) is 13.1. The SMILES string of the molecule is [N-]=[N+]=NCCCC[C@H](NC(=O)CCCCCNC(=O)CN(Cc1ccccc1)C(=O)C1CCN(C(=O)ON2C(=O)CCC2=O)CC1)C(N)=O. The van der Waals surface area contributed by atoms with Crippen molar-refractivity contribution in [1.82, 2.24) is 25.5 Å². The van der Waals surface area contributed by atoms with E-state index in [0.717, 1.165) is 5.56 Å². The van der Waals surface area contributed by atoms with Crippen LogP contribution in [-0.2, 0) is 40.1 Å². The van der Waals surface area contributed by atoms with Crippen LogP contribution in [0.2, 0.25) is 0 Å². The van der Waals surface area contributed by atoms with Gasteiger partial charge in [0, 0.05) is 62.8 Å². The van der Waals surface area contributed by atoms with Gasteiger partial charge in [0.05, 0.1) is 6.54 Å². The van der Waals surface area contributed by atoms with Crippen LogP contribution in [0.4, 0.5) is 4.79 Å². The highest BCUT2D eigenvalue weighted by Gasteiger charge is 2.36. The van der Waals surface area contributed by atoms with Crippen LogP contribution in [0.15, 0.2) is 35.4 Å². The van der Waals surface area contributed by atoms with E-state index < -0.39 is 35.8 Å². The number of nitrogens with one attached hydrogen (secondary N) is 2. The van der Waals surface area contributed by atoms with E-state index in [1.54, 1.807) is 0 Å². The number of primary amides is 1. The van der Waals surface area contributed by atoms with Gasteiger partial charge in [0.2, 0.25) is 23.6 Å². The lowest BCUT2D eigenvalue weighted by molar-refractivity contribution is -0.174. The van der Waals surface area contributed by atoms with Crippen LogP contribution < -0.4 is 16.4 Å². The minimum absolute atomic E-state index is 0.00310. The molecule has 7 amide bonds. The molecule has 4 N–H and O–H groups in total. The van der Waals surface area contributed by atoms with Gasteiger partial charge in [-0.25, -0.2) is 4.79 Å². The number of imide groups is 1. The van der Waals surface area contributed by atoms with E-state index in [-0.39, 0.29) is 63.2 Å². The number of hydrogen-bond acceptors (Lipinski definition) is 9. The smallest absolute Gasteiger partial charge is 0.368 e. The van der Waals surface area contributed by atoms with Crippen molar-refractivity contribution >= 4 is 41.5 Å². The van der Waals surface area contributed by atoms with Gasteiger partial charge in [0.15, 0.2) is 0 Å². The van der Waals surface area contributed by atoms with E-state index in [0.29, 0.717) is 69.5 Å². The molecule has 17 nitrogen and oxygen atoms in total. The summed E-state index contributed by atoms with van der Waals surface area (Å²) < 4.78 is 0. The number of hydrogen-bond donors (Lipinski definition) is 3. The summed E-state index contributed by atoms with van der Waals surface area (Å²) in [7, 11) is 0. The number of unbranched alkanes of at least 4 members (excludes halogenated alkanes) is 3. The Morgan fingerprint density at radius 3 is 2.33 bits per heavy atom. The molecule has 0 spiro atoms. The molecule has 2 saturated heterocycles. The van der Waals surface area contributed by atoms with E-state index in [1.165, 1.54) is 9.80 Å². The number of hydroxylamine groups is 2. The van der Waals surface area contributed by atoms with Crippen molar-refractivity contribution in [2.45, 2.75) is 83.2 Å². The average molecular weight is 684 g/mol. The van der Waals surface area contributed by atoms with Gasteiger partial charge in [-0.1, -0.05) is 48.3 Å². The molecule has 1 aromatic carbocycles. The van der Waals surface area contributed by atoms with Gasteiger partial charge in [-0.15, -0.1) is 5.06 Å². The van der Waals surface area contributed by atoms with Gasteiger partial charge in [-0.2, -0.15) is 0 Å². The zero-order chi connectivity index (χ0) is 35.6. The Bertz CT molecular complexity index is 1360. The fraction of sp³-hybridized carbons (Fsp3) is 0.594. The van der Waals surface area contributed by atoms with Crippen LogP contribution in [-0.4, -0.2) is 95.2 Å². The third-order valence-corrected chi connectivity index (χ3v) is 8.29. The molecular weight excluding hydrogens is 638 g/mol. The largest absolute Gasteiger partial charge is 0.434 e. The molecule has 266 valence electrons. The number of piperidine rings is 1. The maximum Gasteiger partial charge on any atom is 0.434 e. The second-order valence-electron chi connectivity index (χ2n) is 12.0. The van der Waals surface area contributed by atoms with Gasteiger partial charge < -0.3 is 31.0 Å². The molecule has 0 unspecified atom stereocenters. The van der Waals surface area contributed by atoms with Gasteiger partial charge in [-0.05, 0) is 49.6 Å². The molecule has 0 bridgehead atoms. The highest BCUT2D eigenvalue weighted by Crippen LogP contribution is 2.22. The molecule has 2 fully saturated rings. The summed E-state index contributed by atoms with van der Waals surface area (Å²) in [5.41, 5.74) is 14.6. The third-order valence-electron chi connectivity index (χ3n) is 8.29. The maximum absolute atomic E-state index is 13.6. The monoisotopic (exact) mass is 683 g/mol. The van der Waals surface area contributed by atoms with E-state index in [9.17, 15) is 33.6 Å². The van der Waals surface area contributed by atoms with Crippen LogP contribution in [0.1, 0.15) is 76.2 Å². The van der Waals surface area contributed by atoms with Crippen LogP contribution >= 0.6 is 0 Å². The Morgan fingerprint density at radius 1 is 0.980 bits per heavy atom. The lowest BCUT2D eigenvalue weighted by Gasteiger charge is -2.34. The van der Waals surface area contributed by atoms with Crippen LogP contribution in [0.3, 0.4) is 0 Å². The quantitative estimate of drug-likeness (QED) is 0.0640. The van der Waals surface area contributed by atoms with Crippen LogP contribution in [0, 0.1) is 5.92 Å². The Balaban J connectivity index is 1.40. The second kappa shape index (κ2) is 20.2. The predicted octanol–water partition coefficient (Wildman–Crippen LogP) is 2.06. The first-order valence-electron chi connectivity index (χ1n) is 16.6. The minimum Gasteiger partial charge on any atom is -0.368 e. The van der Waals surface area contributed by atoms with E-state index in [2.05, 4.69) is 20.7 Å². The molecule has 2 aliphatic rings. The fourth-order valence-corrected chi connectivity index (χ4v) is 5.55. The number of rotatable bonds is 19. The number of nitrogens with zero attached hydrogens (tertiary/aromatic N) is 6. The minimum atomic E-state index is -0.819. The van der Waals surface area contributed by atoms with Crippen molar-refractivity contribution in [3.05, 3.63) is 46.3 Å². The lowest BCUT2D eigenvalue weighted by Crippen LogP contribution is -2.48. The van der Waals surface area contributed by atoms with Gasteiger partial charge >= 0.3 is 6.09 Å².